The van der Waals surface area contributed by atoms with Crippen molar-refractivity contribution >= 4 is 15.9 Å². The molecule has 0 fully saturated rings. The van der Waals surface area contributed by atoms with E-state index >= 15 is 0 Å². The van der Waals surface area contributed by atoms with E-state index in [-0.39, 0.29) is 11.2 Å². The van der Waals surface area contributed by atoms with Crippen molar-refractivity contribution < 1.29 is 9.47 Å². The molecule has 0 aromatic heterocycles. The van der Waals surface area contributed by atoms with Gasteiger partial charge in [0.25, 0.3) is 0 Å². The van der Waals surface area contributed by atoms with E-state index in [1.807, 2.05) is 0 Å². The number of alkyl halides is 1. The molecular weight excluding hydrogens is 270 g/mol. The Morgan fingerprint density at radius 2 is 1.44 bits per heavy atom. The fourth-order valence-electron chi connectivity index (χ4n) is 1.38. The van der Waals surface area contributed by atoms with Crippen LogP contribution in [0.3, 0.4) is 0 Å². The van der Waals surface area contributed by atoms with Crippen LogP contribution in [0.1, 0.15) is 40.5 Å². The molecule has 0 aliphatic rings. The second kappa shape index (κ2) is 7.64. The number of hydrogen-bond donors (Lipinski definition) is 1. The number of ether oxygens (including phenoxy) is 2. The molecule has 0 amide bonds. The van der Waals surface area contributed by atoms with Gasteiger partial charge in [0.15, 0.2) is 0 Å². The van der Waals surface area contributed by atoms with E-state index in [4.69, 9.17) is 15.2 Å². The summed E-state index contributed by atoms with van der Waals surface area (Å²) in [6, 6.07) is 0. The highest BCUT2D eigenvalue weighted by molar-refractivity contribution is 9.09. The van der Waals surface area contributed by atoms with Gasteiger partial charge in [-0.25, -0.2) is 0 Å². The third-order valence-corrected chi connectivity index (χ3v) is 2.84. The van der Waals surface area contributed by atoms with E-state index in [1.165, 1.54) is 0 Å². The van der Waals surface area contributed by atoms with Gasteiger partial charge < -0.3 is 15.2 Å². The molecule has 0 bridgehead atoms. The maximum Gasteiger partial charge on any atom is 0.0648 e. The lowest BCUT2D eigenvalue weighted by molar-refractivity contribution is -0.0698. The lowest BCUT2D eigenvalue weighted by Gasteiger charge is -2.29. The van der Waals surface area contributed by atoms with Crippen molar-refractivity contribution in [3.05, 3.63) is 0 Å². The average molecular weight is 296 g/mol. The van der Waals surface area contributed by atoms with Crippen LogP contribution >= 0.6 is 15.9 Å². The van der Waals surface area contributed by atoms with E-state index in [0.29, 0.717) is 13.2 Å². The quantitative estimate of drug-likeness (QED) is 0.665. The van der Waals surface area contributed by atoms with Crippen LogP contribution in [0.4, 0.5) is 0 Å². The normalized spacial score (nSPS) is 13.1. The molecule has 0 heterocycles. The Balaban J connectivity index is 3.78. The van der Waals surface area contributed by atoms with Crippen molar-refractivity contribution in [1.82, 2.24) is 0 Å². The Morgan fingerprint density at radius 3 is 1.94 bits per heavy atom. The number of hydrogen-bond acceptors (Lipinski definition) is 3. The summed E-state index contributed by atoms with van der Waals surface area (Å²) in [6.45, 7) is 10.4. The summed E-state index contributed by atoms with van der Waals surface area (Å²) >= 11 is 3.35. The zero-order valence-electron chi connectivity index (χ0n) is 11.0. The Kier molecular flexibility index (Phi) is 7.81. The Morgan fingerprint density at radius 1 is 0.938 bits per heavy atom. The zero-order chi connectivity index (χ0) is 12.7. The van der Waals surface area contributed by atoms with Gasteiger partial charge in [0.2, 0.25) is 0 Å². The average Bonchev–Trinajstić information content (AvgIpc) is 2.14. The van der Waals surface area contributed by atoms with Crippen LogP contribution in [0.25, 0.3) is 0 Å². The summed E-state index contributed by atoms with van der Waals surface area (Å²) in [5.41, 5.74) is 5.28. The van der Waals surface area contributed by atoms with Gasteiger partial charge in [0, 0.05) is 5.33 Å². The van der Waals surface area contributed by atoms with Crippen LogP contribution in [-0.2, 0) is 9.47 Å². The molecule has 98 valence electrons. The number of rotatable bonds is 9. The highest BCUT2D eigenvalue weighted by Crippen LogP contribution is 2.19. The van der Waals surface area contributed by atoms with Gasteiger partial charge in [-0.1, -0.05) is 15.9 Å². The molecule has 0 spiro atoms. The van der Waals surface area contributed by atoms with E-state index in [2.05, 4.69) is 43.6 Å². The summed E-state index contributed by atoms with van der Waals surface area (Å²) in [7, 11) is 0. The number of nitrogens with two attached hydrogens (primary N) is 1. The molecule has 0 aliphatic carbocycles. The molecule has 0 saturated carbocycles. The van der Waals surface area contributed by atoms with Gasteiger partial charge >= 0.3 is 0 Å². The molecule has 3 nitrogen and oxygen atoms in total. The van der Waals surface area contributed by atoms with Gasteiger partial charge in [0.05, 0.1) is 24.4 Å². The fraction of sp³-hybridized carbons (Fsp3) is 1.00. The van der Waals surface area contributed by atoms with Crippen molar-refractivity contribution in [2.45, 2.75) is 51.7 Å². The second-order valence-corrected chi connectivity index (χ2v) is 5.99. The maximum absolute atomic E-state index is 5.81. The lowest BCUT2D eigenvalue weighted by atomic mass is 10.0. The van der Waals surface area contributed by atoms with E-state index in [9.17, 15) is 0 Å². The van der Waals surface area contributed by atoms with Crippen LogP contribution in [0.5, 0.6) is 0 Å². The largest absolute Gasteiger partial charge is 0.375 e. The summed E-state index contributed by atoms with van der Waals surface area (Å²) in [6.07, 6.45) is 1.78. The van der Waals surface area contributed by atoms with Gasteiger partial charge in [-0.15, -0.1) is 0 Å². The van der Waals surface area contributed by atoms with Crippen LogP contribution in [-0.4, -0.2) is 36.3 Å². The van der Waals surface area contributed by atoms with Crippen LogP contribution < -0.4 is 5.73 Å². The lowest BCUT2D eigenvalue weighted by Crippen LogP contribution is -2.32. The standard InChI is InChI=1S/C12H26BrNO2/c1-11(2,5-8-14)15-9-6-12(3,4)16-10-7-13/h5-10,14H2,1-4H3. The molecule has 0 aliphatic heterocycles. The first kappa shape index (κ1) is 16.4. The highest BCUT2D eigenvalue weighted by Gasteiger charge is 2.21. The molecule has 2 N–H and O–H groups in total. The minimum Gasteiger partial charge on any atom is -0.375 e. The molecule has 0 aromatic carbocycles. The van der Waals surface area contributed by atoms with Gasteiger partial charge in [0.1, 0.15) is 0 Å². The van der Waals surface area contributed by atoms with Gasteiger partial charge in [-0.2, -0.15) is 0 Å². The predicted molar refractivity (Wildman–Crippen MR) is 72.1 cm³/mol. The van der Waals surface area contributed by atoms with Crippen LogP contribution in [0.2, 0.25) is 0 Å². The molecule has 16 heavy (non-hydrogen) atoms. The smallest absolute Gasteiger partial charge is 0.0648 e. The fourth-order valence-corrected chi connectivity index (χ4v) is 1.54. The molecule has 4 heteroatoms. The first-order valence-corrected chi connectivity index (χ1v) is 6.99. The van der Waals surface area contributed by atoms with Gasteiger partial charge in [-0.3, -0.25) is 0 Å². The van der Waals surface area contributed by atoms with Crippen LogP contribution in [0.15, 0.2) is 0 Å². The molecule has 0 radical (unpaired) electrons. The Hall–Kier alpha value is 0.360. The van der Waals surface area contributed by atoms with Crippen LogP contribution in [0, 0.1) is 0 Å². The monoisotopic (exact) mass is 295 g/mol. The molecule has 0 unspecified atom stereocenters. The highest BCUT2D eigenvalue weighted by atomic mass is 79.9. The SMILES string of the molecule is CC(C)(CCN)OCCC(C)(C)OCCBr. The van der Waals surface area contributed by atoms with E-state index in [1.54, 1.807) is 0 Å². The molecular formula is C12H26BrNO2. The molecule has 0 saturated heterocycles. The minimum atomic E-state index is -0.125. The summed E-state index contributed by atoms with van der Waals surface area (Å²) < 4.78 is 11.5. The first-order valence-electron chi connectivity index (χ1n) is 5.87. The van der Waals surface area contributed by atoms with Crippen molar-refractivity contribution in [1.29, 1.82) is 0 Å². The summed E-state index contributed by atoms with van der Waals surface area (Å²) in [5, 5.41) is 0.871. The third kappa shape index (κ3) is 8.50. The second-order valence-electron chi connectivity index (χ2n) is 5.19. The minimum absolute atomic E-state index is 0.118. The number of halogens is 1. The van der Waals surface area contributed by atoms with Gasteiger partial charge in [-0.05, 0) is 47.1 Å². The van der Waals surface area contributed by atoms with Crippen molar-refractivity contribution in [3.8, 4) is 0 Å². The van der Waals surface area contributed by atoms with E-state index in [0.717, 1.165) is 24.8 Å². The maximum atomic E-state index is 5.81. The topological polar surface area (TPSA) is 44.5 Å². The van der Waals surface area contributed by atoms with E-state index < -0.39 is 0 Å². The summed E-state index contributed by atoms with van der Waals surface area (Å²) in [5.74, 6) is 0. The molecule has 0 aromatic rings. The first-order chi connectivity index (χ1) is 7.33. The Labute approximate surface area is 108 Å². The van der Waals surface area contributed by atoms with Crippen molar-refractivity contribution in [3.63, 3.8) is 0 Å². The van der Waals surface area contributed by atoms with Crippen molar-refractivity contribution in [2.24, 2.45) is 5.73 Å². The molecule has 0 atom stereocenters. The zero-order valence-corrected chi connectivity index (χ0v) is 12.6. The summed E-state index contributed by atoms with van der Waals surface area (Å²) in [4.78, 5) is 0. The van der Waals surface area contributed by atoms with Crippen molar-refractivity contribution in [2.75, 3.05) is 25.1 Å². The Bertz CT molecular complexity index is 184. The molecule has 0 rings (SSSR count). The third-order valence-electron chi connectivity index (χ3n) is 2.51. The predicted octanol–water partition coefficient (Wildman–Crippen LogP) is 2.71.